The number of carbonyl (C=O) groups is 5. The molecule has 0 unspecified atom stereocenters. The standard InChI is InChI=1S/C46H54ClN7O7/c1-25(2)52(29-19-32(20-29)60-30-13-14-33-34(21-30)42(59)54(41(33)58)37-15-16-38(55)49-40(37)57)24-26-7-10-28(11-8-26)53-18-17-36(51-53)39(56)50-43-45(3,4)44(46(43,5)6)61-31-12-9-27(23-48)35(47)22-31/h9,12-14,17-18,21-22,25-26,28-29,32,37,43-44H,7-8,10-11,15-16,19-20,24H2,1-6H3,(H,50,56)(H,49,55,57)/t26?,28?,29?,32?,37-,43?,44?/m1/s1. The van der Waals surface area contributed by atoms with Crippen molar-refractivity contribution < 1.29 is 33.4 Å². The van der Waals surface area contributed by atoms with Crippen LogP contribution in [0, 0.1) is 28.1 Å². The summed E-state index contributed by atoms with van der Waals surface area (Å²) in [5, 5.41) is 19.8. The van der Waals surface area contributed by atoms with Crippen LogP contribution in [0.2, 0.25) is 5.02 Å². The number of rotatable bonds is 12. The van der Waals surface area contributed by atoms with Gasteiger partial charge in [0.15, 0.2) is 0 Å². The Balaban J connectivity index is 0.801. The molecule has 15 heteroatoms. The number of ether oxygens (including phenoxy) is 2. The number of nitrogens with zero attached hydrogens (tertiary/aromatic N) is 5. The minimum Gasteiger partial charge on any atom is -0.490 e. The molecule has 1 aromatic heterocycles. The van der Waals surface area contributed by atoms with Crippen LogP contribution in [-0.4, -0.2) is 92.0 Å². The largest absolute Gasteiger partial charge is 0.490 e. The zero-order chi connectivity index (χ0) is 43.5. The number of piperidine rings is 1. The van der Waals surface area contributed by atoms with Crippen molar-refractivity contribution in [3.63, 3.8) is 0 Å². The van der Waals surface area contributed by atoms with E-state index >= 15 is 0 Å². The number of nitrogens with one attached hydrogen (secondary N) is 2. The minimum absolute atomic E-state index is 0.0191. The lowest BCUT2D eigenvalue weighted by Crippen LogP contribution is -2.74. The van der Waals surface area contributed by atoms with Crippen molar-refractivity contribution in [3.8, 4) is 17.6 Å². The second kappa shape index (κ2) is 16.2. The van der Waals surface area contributed by atoms with E-state index in [2.05, 4.69) is 63.1 Å². The van der Waals surface area contributed by atoms with E-state index in [1.54, 1.807) is 42.5 Å². The third-order valence-corrected chi connectivity index (χ3v) is 14.2. The molecule has 3 aliphatic carbocycles. The molecule has 61 heavy (non-hydrogen) atoms. The number of aromatic nitrogens is 2. The number of amides is 5. The Hall–Kier alpha value is -5.26. The van der Waals surface area contributed by atoms with E-state index in [4.69, 9.17) is 26.2 Å². The Morgan fingerprint density at radius 1 is 0.951 bits per heavy atom. The molecule has 4 fully saturated rings. The lowest BCUT2D eigenvalue weighted by atomic mass is 9.49. The van der Waals surface area contributed by atoms with E-state index in [0.29, 0.717) is 45.8 Å². The van der Waals surface area contributed by atoms with Gasteiger partial charge >= 0.3 is 0 Å². The molecule has 2 aliphatic heterocycles. The van der Waals surface area contributed by atoms with E-state index in [0.717, 1.165) is 50.0 Å². The molecule has 0 radical (unpaired) electrons. The molecule has 8 rings (SSSR count). The highest BCUT2D eigenvalue weighted by Crippen LogP contribution is 2.55. The second-order valence-electron chi connectivity index (χ2n) is 19.0. The van der Waals surface area contributed by atoms with Crippen LogP contribution in [-0.2, 0) is 9.59 Å². The molecule has 3 aromatic rings. The molecule has 0 spiro atoms. The number of benzene rings is 2. The van der Waals surface area contributed by atoms with Gasteiger partial charge in [-0.3, -0.25) is 43.8 Å². The van der Waals surface area contributed by atoms with Crippen LogP contribution in [0.4, 0.5) is 0 Å². The molecule has 1 saturated heterocycles. The van der Waals surface area contributed by atoms with E-state index in [-0.39, 0.29) is 65.0 Å². The van der Waals surface area contributed by atoms with Crippen molar-refractivity contribution in [2.75, 3.05) is 6.54 Å². The molecule has 2 aromatic carbocycles. The van der Waals surface area contributed by atoms with Crippen LogP contribution < -0.4 is 20.1 Å². The lowest BCUT2D eigenvalue weighted by molar-refractivity contribution is -0.164. The normalized spacial score (nSPS) is 27.8. The summed E-state index contributed by atoms with van der Waals surface area (Å²) < 4.78 is 14.7. The molecule has 0 bridgehead atoms. The van der Waals surface area contributed by atoms with Crippen LogP contribution in [0.3, 0.4) is 0 Å². The first-order valence-corrected chi connectivity index (χ1v) is 21.8. The van der Waals surface area contributed by atoms with Crippen LogP contribution >= 0.6 is 11.6 Å². The van der Waals surface area contributed by atoms with Crippen LogP contribution in [0.15, 0.2) is 48.7 Å². The summed E-state index contributed by atoms with van der Waals surface area (Å²) in [7, 11) is 0. The van der Waals surface area contributed by atoms with Gasteiger partial charge in [-0.1, -0.05) is 39.3 Å². The average molecular weight is 852 g/mol. The van der Waals surface area contributed by atoms with Gasteiger partial charge in [-0.25, -0.2) is 0 Å². The van der Waals surface area contributed by atoms with Crippen molar-refractivity contribution in [3.05, 3.63) is 76.1 Å². The third-order valence-electron chi connectivity index (χ3n) is 13.8. The van der Waals surface area contributed by atoms with Gasteiger partial charge in [0.2, 0.25) is 11.8 Å². The van der Waals surface area contributed by atoms with E-state index in [9.17, 15) is 29.2 Å². The van der Waals surface area contributed by atoms with Crippen LogP contribution in [0.1, 0.15) is 136 Å². The zero-order valence-corrected chi connectivity index (χ0v) is 36.3. The Labute approximate surface area is 361 Å². The lowest BCUT2D eigenvalue weighted by Gasteiger charge is -2.63. The number of halogens is 1. The van der Waals surface area contributed by atoms with E-state index in [1.807, 2.05) is 10.9 Å². The maximum Gasteiger partial charge on any atom is 0.272 e. The first-order chi connectivity index (χ1) is 29.0. The summed E-state index contributed by atoms with van der Waals surface area (Å²) in [6.07, 6.45) is 7.70. The highest BCUT2D eigenvalue weighted by atomic mass is 35.5. The summed E-state index contributed by atoms with van der Waals surface area (Å²) in [6.45, 7) is 13.8. The van der Waals surface area contributed by atoms with Crippen molar-refractivity contribution in [1.29, 1.82) is 5.26 Å². The Bertz CT molecular complexity index is 2290. The van der Waals surface area contributed by atoms with Gasteiger partial charge in [-0.2, -0.15) is 10.4 Å². The Kier molecular flexibility index (Phi) is 11.3. The van der Waals surface area contributed by atoms with Crippen molar-refractivity contribution in [2.45, 2.75) is 135 Å². The Morgan fingerprint density at radius 3 is 2.28 bits per heavy atom. The number of carbonyl (C=O) groups excluding carboxylic acids is 5. The average Bonchev–Trinajstić information content (AvgIpc) is 3.79. The van der Waals surface area contributed by atoms with Gasteiger partial charge in [-0.15, -0.1) is 0 Å². The first-order valence-electron chi connectivity index (χ1n) is 21.5. The number of fused-ring (bicyclic) bond motifs is 1. The van der Waals surface area contributed by atoms with Crippen molar-refractivity contribution >= 4 is 41.1 Å². The minimum atomic E-state index is -1.00. The summed E-state index contributed by atoms with van der Waals surface area (Å²) in [6, 6.07) is 13.6. The van der Waals surface area contributed by atoms with Gasteiger partial charge in [-0.05, 0) is 88.3 Å². The molecular formula is C46H54ClN7O7. The maximum absolute atomic E-state index is 13.6. The van der Waals surface area contributed by atoms with E-state index < -0.39 is 29.7 Å². The highest BCUT2D eigenvalue weighted by molar-refractivity contribution is 6.31. The van der Waals surface area contributed by atoms with Crippen molar-refractivity contribution in [1.82, 2.24) is 30.2 Å². The highest BCUT2D eigenvalue weighted by Gasteiger charge is 2.64. The molecule has 322 valence electrons. The molecule has 5 amide bonds. The Morgan fingerprint density at radius 2 is 1.62 bits per heavy atom. The fraction of sp³-hybridized carbons (Fsp3) is 0.543. The molecule has 1 atom stereocenters. The monoisotopic (exact) mass is 851 g/mol. The fourth-order valence-corrected chi connectivity index (χ4v) is 11.0. The van der Waals surface area contributed by atoms with Crippen LogP contribution in [0.5, 0.6) is 11.5 Å². The zero-order valence-electron chi connectivity index (χ0n) is 35.6. The molecule has 14 nitrogen and oxygen atoms in total. The van der Waals surface area contributed by atoms with E-state index in [1.165, 1.54) is 0 Å². The molecule has 5 aliphatic rings. The van der Waals surface area contributed by atoms with Gasteiger partial charge in [0.05, 0.1) is 27.8 Å². The first kappa shape index (κ1) is 42.4. The fourth-order valence-electron chi connectivity index (χ4n) is 10.8. The van der Waals surface area contributed by atoms with Gasteiger partial charge < -0.3 is 14.8 Å². The molecule has 3 heterocycles. The molecular weight excluding hydrogens is 798 g/mol. The van der Waals surface area contributed by atoms with Gasteiger partial charge in [0, 0.05) is 67.0 Å². The van der Waals surface area contributed by atoms with Crippen LogP contribution in [0.25, 0.3) is 0 Å². The SMILES string of the molecule is CC(C)N(CC1CCC(n2ccc(C(=O)NC3C(C)(C)C(Oc4ccc(C#N)c(Cl)c4)C3(C)C)n2)CC1)C1CC(Oc2ccc3c(c2)C(=O)N([C@@H]2CCC(=O)NC2=O)C3=O)C1. The quantitative estimate of drug-likeness (QED) is 0.192. The third kappa shape index (κ3) is 7.91. The summed E-state index contributed by atoms with van der Waals surface area (Å²) in [5.41, 5.74) is 0.486. The summed E-state index contributed by atoms with van der Waals surface area (Å²) in [4.78, 5) is 67.6. The summed E-state index contributed by atoms with van der Waals surface area (Å²) in [5.74, 6) is -0.669. The van der Waals surface area contributed by atoms with Crippen molar-refractivity contribution in [2.24, 2.45) is 16.7 Å². The molecule has 2 N–H and O–H groups in total. The second-order valence-corrected chi connectivity index (χ2v) is 19.4. The maximum atomic E-state index is 13.6. The number of hydrogen-bond acceptors (Lipinski definition) is 10. The number of imide groups is 2. The number of hydrogen-bond donors (Lipinski definition) is 2. The topological polar surface area (TPSA) is 176 Å². The predicted molar refractivity (Wildman–Crippen MR) is 225 cm³/mol. The predicted octanol–water partition coefficient (Wildman–Crippen LogP) is 6.47. The van der Waals surface area contributed by atoms with Gasteiger partial charge in [0.1, 0.15) is 41.5 Å². The smallest absolute Gasteiger partial charge is 0.272 e. The molecule has 3 saturated carbocycles. The summed E-state index contributed by atoms with van der Waals surface area (Å²) >= 11 is 6.26. The van der Waals surface area contributed by atoms with Gasteiger partial charge in [0.25, 0.3) is 17.7 Å². The number of nitriles is 1.